The third-order valence-corrected chi connectivity index (χ3v) is 10.2. The summed E-state index contributed by atoms with van der Waals surface area (Å²) in [5.74, 6) is -0.0405. The van der Waals surface area contributed by atoms with Crippen LogP contribution >= 0.6 is 11.6 Å². The van der Waals surface area contributed by atoms with Crippen LogP contribution in [0.15, 0.2) is 18.5 Å². The van der Waals surface area contributed by atoms with Crippen molar-refractivity contribution in [1.82, 2.24) is 30.0 Å². The summed E-state index contributed by atoms with van der Waals surface area (Å²) >= 11 is 6.82. The van der Waals surface area contributed by atoms with Crippen LogP contribution in [0.1, 0.15) is 44.1 Å². The first-order chi connectivity index (χ1) is 22.0. The molecule has 0 radical (unpaired) electrons. The van der Waals surface area contributed by atoms with E-state index in [1.807, 2.05) is 6.07 Å². The predicted molar refractivity (Wildman–Crippen MR) is 166 cm³/mol. The maximum Gasteiger partial charge on any atom is 0.319 e. The molecule has 10 nitrogen and oxygen atoms in total. The summed E-state index contributed by atoms with van der Waals surface area (Å²) in [6.07, 6.45) is 7.52. The lowest BCUT2D eigenvalue weighted by molar-refractivity contribution is -0.00652. The molecule has 0 unspecified atom stereocenters. The molecule has 13 heteroatoms. The van der Waals surface area contributed by atoms with Crippen molar-refractivity contribution in [1.29, 1.82) is 0 Å². The fourth-order valence-corrected chi connectivity index (χ4v) is 7.97. The van der Waals surface area contributed by atoms with Crippen LogP contribution in [-0.4, -0.2) is 100 Å². The SMILES string of the molecule is Fc1c2ncc3c(nc(OC[C@@]45CCCN4C[C@H](F)C5)nc13)N1CCCO[C@@H](COCCCCc3c(Cl)cc4[nH]ncc4c3-2)C1. The van der Waals surface area contributed by atoms with E-state index in [0.717, 1.165) is 49.6 Å². The normalized spacial score (nSPS) is 26.1. The zero-order valence-electron chi connectivity index (χ0n) is 25.0. The maximum absolute atomic E-state index is 17.0. The third kappa shape index (κ3) is 5.29. The van der Waals surface area contributed by atoms with Gasteiger partial charge in [-0.1, -0.05) is 11.6 Å². The van der Waals surface area contributed by atoms with Gasteiger partial charge in [0.2, 0.25) is 0 Å². The van der Waals surface area contributed by atoms with Crippen molar-refractivity contribution in [3.63, 3.8) is 0 Å². The van der Waals surface area contributed by atoms with Gasteiger partial charge in [-0.15, -0.1) is 0 Å². The zero-order valence-corrected chi connectivity index (χ0v) is 25.8. The highest BCUT2D eigenvalue weighted by Crippen LogP contribution is 2.42. The molecule has 0 spiro atoms. The van der Waals surface area contributed by atoms with Gasteiger partial charge in [-0.3, -0.25) is 15.0 Å². The number of fused-ring (bicyclic) bond motifs is 8. The number of alkyl halides is 1. The number of nitrogens with one attached hydrogen (secondary N) is 1. The van der Waals surface area contributed by atoms with Gasteiger partial charge in [-0.05, 0) is 56.7 Å². The number of benzene rings is 1. The van der Waals surface area contributed by atoms with Gasteiger partial charge >= 0.3 is 6.01 Å². The van der Waals surface area contributed by atoms with Crippen LogP contribution in [0.3, 0.4) is 0 Å². The van der Waals surface area contributed by atoms with E-state index in [4.69, 9.17) is 35.8 Å². The molecule has 3 saturated heterocycles. The molecule has 5 aliphatic rings. The summed E-state index contributed by atoms with van der Waals surface area (Å²) in [5.41, 5.74) is 1.98. The standard InChI is InChI=1S/C32H36ClF2N7O3/c33-24-11-25-22(14-37-40-25)26-21(24)5-1-2-9-43-17-20-16-41(7-4-10-44-20)30-23-13-36-29(26)27(35)28(23)38-31(39-30)45-18-32-6-3-8-42(32)15-19(34)12-32/h11,13-14,19-20H,1-10,12,15-18H2,(H,37,40)/t19-,20-,32+/m1/s1. The fraction of sp³-hybridized carbons (Fsp3) is 0.562. The average Bonchev–Trinajstić information content (AvgIpc) is 3.67. The Hall–Kier alpha value is -3.19. The highest BCUT2D eigenvalue weighted by atomic mass is 35.5. The highest BCUT2D eigenvalue weighted by molar-refractivity contribution is 6.33. The van der Waals surface area contributed by atoms with E-state index in [-0.39, 0.29) is 29.9 Å². The second-order valence-corrected chi connectivity index (χ2v) is 13.2. The van der Waals surface area contributed by atoms with E-state index in [9.17, 15) is 4.39 Å². The number of pyridine rings is 1. The van der Waals surface area contributed by atoms with Gasteiger partial charge in [0, 0.05) is 61.4 Å². The average molecular weight is 640 g/mol. The summed E-state index contributed by atoms with van der Waals surface area (Å²) < 4.78 is 50.0. The van der Waals surface area contributed by atoms with Crippen molar-refractivity contribution in [2.75, 3.05) is 57.5 Å². The minimum atomic E-state index is -0.886. The number of aromatic nitrogens is 5. The molecule has 3 fully saturated rings. The summed E-state index contributed by atoms with van der Waals surface area (Å²) in [4.78, 5) is 18.5. The Balaban J connectivity index is 1.29. The lowest BCUT2D eigenvalue weighted by Crippen LogP contribution is -2.43. The van der Waals surface area contributed by atoms with Crippen molar-refractivity contribution in [2.24, 2.45) is 0 Å². The number of rotatable bonds is 3. The molecule has 45 heavy (non-hydrogen) atoms. The van der Waals surface area contributed by atoms with E-state index in [1.165, 1.54) is 0 Å². The summed E-state index contributed by atoms with van der Waals surface area (Å²) in [6.45, 7) is 4.28. The zero-order chi connectivity index (χ0) is 30.5. The molecule has 1 N–H and O–H groups in total. The minimum absolute atomic E-state index is 0.0657. The fourth-order valence-electron chi connectivity index (χ4n) is 7.67. The largest absolute Gasteiger partial charge is 0.461 e. The van der Waals surface area contributed by atoms with Crippen LogP contribution in [-0.2, 0) is 15.9 Å². The molecule has 5 aliphatic heterocycles. The Bertz CT molecular complexity index is 1740. The minimum Gasteiger partial charge on any atom is -0.461 e. The molecule has 0 saturated carbocycles. The molecule has 238 valence electrons. The lowest BCUT2D eigenvalue weighted by Gasteiger charge is -2.31. The molecule has 6 bridgehead atoms. The predicted octanol–water partition coefficient (Wildman–Crippen LogP) is 5.26. The van der Waals surface area contributed by atoms with Gasteiger partial charge < -0.3 is 19.1 Å². The highest BCUT2D eigenvalue weighted by Gasteiger charge is 2.49. The number of ether oxygens (including phenoxy) is 3. The van der Waals surface area contributed by atoms with Crippen LogP contribution in [0.5, 0.6) is 6.01 Å². The number of aromatic amines is 1. The molecule has 8 heterocycles. The number of nitrogens with zero attached hydrogens (tertiary/aromatic N) is 6. The van der Waals surface area contributed by atoms with Gasteiger partial charge in [0.25, 0.3) is 0 Å². The van der Waals surface area contributed by atoms with Crippen molar-refractivity contribution in [3.05, 3.63) is 34.9 Å². The van der Waals surface area contributed by atoms with Gasteiger partial charge in [0.1, 0.15) is 29.8 Å². The Morgan fingerprint density at radius 2 is 2.02 bits per heavy atom. The number of anilines is 1. The molecule has 3 aromatic heterocycles. The van der Waals surface area contributed by atoms with Crippen LogP contribution < -0.4 is 9.64 Å². The Morgan fingerprint density at radius 3 is 2.96 bits per heavy atom. The van der Waals surface area contributed by atoms with Crippen LogP contribution in [0.2, 0.25) is 5.02 Å². The first-order valence-corrected chi connectivity index (χ1v) is 16.3. The molecular weight excluding hydrogens is 604 g/mol. The number of H-pyrrole nitrogens is 1. The van der Waals surface area contributed by atoms with E-state index < -0.39 is 17.5 Å². The van der Waals surface area contributed by atoms with E-state index in [0.29, 0.717) is 79.6 Å². The van der Waals surface area contributed by atoms with E-state index in [1.54, 1.807) is 12.4 Å². The van der Waals surface area contributed by atoms with Crippen LogP contribution in [0, 0.1) is 5.82 Å². The smallest absolute Gasteiger partial charge is 0.319 e. The number of halogens is 3. The monoisotopic (exact) mass is 639 g/mol. The van der Waals surface area contributed by atoms with Crippen LogP contribution in [0.4, 0.5) is 14.6 Å². The molecule has 0 aliphatic carbocycles. The second kappa shape index (κ2) is 11.9. The first-order valence-electron chi connectivity index (χ1n) is 16.0. The Kier molecular flexibility index (Phi) is 7.71. The molecule has 0 amide bonds. The van der Waals surface area contributed by atoms with Gasteiger partial charge in [0.15, 0.2) is 5.82 Å². The summed E-state index contributed by atoms with van der Waals surface area (Å²) in [6, 6.07) is 1.89. The van der Waals surface area contributed by atoms with Crippen molar-refractivity contribution >= 4 is 39.2 Å². The maximum atomic E-state index is 17.0. The first kappa shape index (κ1) is 29.2. The Labute approximate surface area is 264 Å². The second-order valence-electron chi connectivity index (χ2n) is 12.7. The molecule has 1 aromatic carbocycles. The molecular formula is C32H36ClF2N7O3. The summed E-state index contributed by atoms with van der Waals surface area (Å²) in [7, 11) is 0. The van der Waals surface area contributed by atoms with Gasteiger partial charge in [-0.2, -0.15) is 15.1 Å². The number of hydrogen-bond donors (Lipinski definition) is 1. The third-order valence-electron chi connectivity index (χ3n) is 9.83. The Morgan fingerprint density at radius 1 is 1.09 bits per heavy atom. The quantitative estimate of drug-likeness (QED) is 0.322. The number of hydrogen-bond acceptors (Lipinski definition) is 9. The molecule has 3 atom stereocenters. The van der Waals surface area contributed by atoms with Crippen molar-refractivity contribution in [3.8, 4) is 17.3 Å². The summed E-state index contributed by atoms with van der Waals surface area (Å²) in [5, 5.41) is 8.92. The van der Waals surface area contributed by atoms with E-state index in [2.05, 4.69) is 25.0 Å². The van der Waals surface area contributed by atoms with Gasteiger partial charge in [0.05, 0.1) is 35.3 Å². The van der Waals surface area contributed by atoms with Crippen molar-refractivity contribution in [2.45, 2.75) is 62.8 Å². The molecule has 9 rings (SSSR count). The molecule has 4 aromatic rings. The topological polar surface area (TPSA) is 102 Å². The van der Waals surface area contributed by atoms with Gasteiger partial charge in [-0.25, -0.2) is 8.78 Å². The van der Waals surface area contributed by atoms with Crippen LogP contribution in [0.25, 0.3) is 33.1 Å². The van der Waals surface area contributed by atoms with Crippen molar-refractivity contribution < 1.29 is 23.0 Å². The lowest BCUT2D eigenvalue weighted by atomic mass is 9.95. The van der Waals surface area contributed by atoms with E-state index >= 15 is 4.39 Å².